The number of carbonyl (C=O) groups excluding carboxylic acids is 2. The van der Waals surface area contributed by atoms with Gasteiger partial charge in [0.15, 0.2) is 0 Å². The van der Waals surface area contributed by atoms with Crippen molar-refractivity contribution in [3.8, 4) is 0 Å². The molecule has 2 amide bonds. The Bertz CT molecular complexity index is 689. The molecule has 4 heteroatoms. The number of carbonyl (C=O) groups is 2. The van der Waals surface area contributed by atoms with E-state index in [1.54, 1.807) is 4.90 Å². The number of nitrogens with zero attached hydrogens (tertiary/aromatic N) is 1. The molecular formula is C22H28N2O2. The van der Waals surface area contributed by atoms with Crippen LogP contribution in [-0.4, -0.2) is 29.8 Å². The summed E-state index contributed by atoms with van der Waals surface area (Å²) in [5, 5.41) is 2.96. The summed E-state index contributed by atoms with van der Waals surface area (Å²) in [6.45, 7) is 0.882. The van der Waals surface area contributed by atoms with Gasteiger partial charge in [-0.15, -0.1) is 0 Å². The molecule has 1 aromatic carbocycles. The zero-order chi connectivity index (χ0) is 17.7. The molecule has 0 spiro atoms. The van der Waals surface area contributed by atoms with Crippen molar-refractivity contribution in [3.05, 3.63) is 29.8 Å². The lowest BCUT2D eigenvalue weighted by molar-refractivity contribution is -0.131. The van der Waals surface area contributed by atoms with Crippen LogP contribution in [-0.2, 0) is 15.0 Å². The second-order valence-electron chi connectivity index (χ2n) is 9.24. The molecule has 0 atom stereocenters. The molecule has 0 radical (unpaired) electrons. The van der Waals surface area contributed by atoms with Gasteiger partial charge in [-0.25, -0.2) is 0 Å². The van der Waals surface area contributed by atoms with Crippen molar-refractivity contribution in [2.75, 3.05) is 18.4 Å². The summed E-state index contributed by atoms with van der Waals surface area (Å²) in [7, 11) is 0. The first-order valence-electron chi connectivity index (χ1n) is 10.3. The van der Waals surface area contributed by atoms with E-state index in [-0.39, 0.29) is 18.4 Å². The number of likely N-dealkylation sites (tertiary alicyclic amines) is 1. The summed E-state index contributed by atoms with van der Waals surface area (Å²) < 4.78 is 0. The maximum atomic E-state index is 12.2. The van der Waals surface area contributed by atoms with Crippen molar-refractivity contribution < 1.29 is 9.59 Å². The van der Waals surface area contributed by atoms with Crippen LogP contribution in [0.15, 0.2) is 24.3 Å². The van der Waals surface area contributed by atoms with Gasteiger partial charge in [0.2, 0.25) is 11.8 Å². The minimum atomic E-state index is -0.0946. The van der Waals surface area contributed by atoms with Gasteiger partial charge in [-0.05, 0) is 85.8 Å². The molecule has 1 aliphatic heterocycles. The van der Waals surface area contributed by atoms with Gasteiger partial charge in [-0.3, -0.25) is 9.59 Å². The van der Waals surface area contributed by atoms with Crippen LogP contribution in [0.2, 0.25) is 0 Å². The van der Waals surface area contributed by atoms with E-state index in [2.05, 4.69) is 29.6 Å². The highest BCUT2D eigenvalue weighted by Crippen LogP contribution is 2.60. The van der Waals surface area contributed by atoms with E-state index in [1.165, 1.54) is 44.1 Å². The van der Waals surface area contributed by atoms with Crippen LogP contribution in [0.3, 0.4) is 0 Å². The number of rotatable bonds is 4. The van der Waals surface area contributed by atoms with Crippen LogP contribution < -0.4 is 5.32 Å². The third-order valence-electron chi connectivity index (χ3n) is 7.33. The molecule has 138 valence electrons. The van der Waals surface area contributed by atoms with Crippen LogP contribution in [0.1, 0.15) is 56.9 Å². The molecule has 1 aromatic rings. The van der Waals surface area contributed by atoms with Gasteiger partial charge in [0.25, 0.3) is 0 Å². The molecule has 6 rings (SSSR count). The van der Waals surface area contributed by atoms with Gasteiger partial charge < -0.3 is 10.2 Å². The van der Waals surface area contributed by atoms with E-state index in [4.69, 9.17) is 0 Å². The van der Waals surface area contributed by atoms with Crippen molar-refractivity contribution in [2.24, 2.45) is 17.8 Å². The SMILES string of the molecule is O=C(CN1CCCC1=O)Nc1ccc(C23CC4CC(CC(C4)C2)C3)cc1. The normalized spacial score (nSPS) is 35.2. The Morgan fingerprint density at radius 3 is 2.19 bits per heavy atom. The average molecular weight is 352 g/mol. The van der Waals surface area contributed by atoms with Crippen LogP contribution in [0.4, 0.5) is 5.69 Å². The highest BCUT2D eigenvalue weighted by atomic mass is 16.2. The van der Waals surface area contributed by atoms with Crippen LogP contribution in [0, 0.1) is 17.8 Å². The second-order valence-corrected chi connectivity index (χ2v) is 9.24. The number of nitrogens with one attached hydrogen (secondary N) is 1. The fourth-order valence-corrected chi connectivity index (χ4v) is 6.62. The molecule has 1 heterocycles. The van der Waals surface area contributed by atoms with Gasteiger partial charge in [-0.2, -0.15) is 0 Å². The zero-order valence-electron chi connectivity index (χ0n) is 15.4. The monoisotopic (exact) mass is 352 g/mol. The highest BCUT2D eigenvalue weighted by molar-refractivity contribution is 5.94. The number of anilines is 1. The Morgan fingerprint density at radius 2 is 1.65 bits per heavy atom. The third kappa shape index (κ3) is 2.83. The molecule has 5 fully saturated rings. The van der Waals surface area contributed by atoms with Gasteiger partial charge in [0, 0.05) is 18.7 Å². The molecule has 5 aliphatic rings. The Labute approximate surface area is 155 Å². The molecular weight excluding hydrogens is 324 g/mol. The standard InChI is InChI=1S/C22H28N2O2/c25-20(14-24-7-1-2-21(24)26)23-19-5-3-18(4-6-19)22-11-15-8-16(12-22)10-17(9-15)13-22/h3-6,15-17H,1-2,7-14H2,(H,23,25). The van der Waals surface area contributed by atoms with Crippen molar-refractivity contribution in [3.63, 3.8) is 0 Å². The first kappa shape index (κ1) is 16.3. The maximum Gasteiger partial charge on any atom is 0.243 e. The number of benzene rings is 1. The van der Waals surface area contributed by atoms with E-state index in [9.17, 15) is 9.59 Å². The summed E-state index contributed by atoms with van der Waals surface area (Å²) in [5.74, 6) is 2.83. The molecule has 0 unspecified atom stereocenters. The first-order valence-corrected chi connectivity index (χ1v) is 10.3. The van der Waals surface area contributed by atoms with Gasteiger partial charge >= 0.3 is 0 Å². The largest absolute Gasteiger partial charge is 0.333 e. The van der Waals surface area contributed by atoms with Crippen molar-refractivity contribution >= 4 is 17.5 Å². The molecule has 26 heavy (non-hydrogen) atoms. The molecule has 4 aliphatic carbocycles. The topological polar surface area (TPSA) is 49.4 Å². The van der Waals surface area contributed by atoms with Gasteiger partial charge in [-0.1, -0.05) is 12.1 Å². The van der Waals surface area contributed by atoms with Gasteiger partial charge in [0.05, 0.1) is 6.54 Å². The fourth-order valence-electron chi connectivity index (χ4n) is 6.62. The molecule has 4 bridgehead atoms. The summed E-state index contributed by atoms with van der Waals surface area (Å²) in [6, 6.07) is 8.59. The summed E-state index contributed by atoms with van der Waals surface area (Å²) in [4.78, 5) is 25.5. The van der Waals surface area contributed by atoms with E-state index < -0.39 is 0 Å². The molecule has 4 nitrogen and oxygen atoms in total. The minimum absolute atomic E-state index is 0.0946. The Kier molecular flexibility index (Phi) is 3.84. The lowest BCUT2D eigenvalue weighted by atomic mass is 9.48. The Balaban J connectivity index is 1.26. The zero-order valence-corrected chi connectivity index (χ0v) is 15.4. The summed E-state index contributed by atoms with van der Waals surface area (Å²) in [6.07, 6.45) is 9.91. The number of hydrogen-bond acceptors (Lipinski definition) is 2. The summed E-state index contributed by atoms with van der Waals surface area (Å²) >= 11 is 0. The lowest BCUT2D eigenvalue weighted by Gasteiger charge is -2.57. The van der Waals surface area contributed by atoms with E-state index in [0.717, 1.165) is 29.9 Å². The molecule has 1 N–H and O–H groups in total. The fraction of sp³-hybridized carbons (Fsp3) is 0.636. The van der Waals surface area contributed by atoms with Crippen molar-refractivity contribution in [1.82, 2.24) is 4.90 Å². The number of amides is 2. The maximum absolute atomic E-state index is 12.2. The van der Waals surface area contributed by atoms with Crippen LogP contribution >= 0.6 is 0 Å². The smallest absolute Gasteiger partial charge is 0.243 e. The number of hydrogen-bond donors (Lipinski definition) is 1. The Hall–Kier alpha value is -1.84. The lowest BCUT2D eigenvalue weighted by Crippen LogP contribution is -2.48. The van der Waals surface area contributed by atoms with E-state index in [1.807, 2.05) is 0 Å². The van der Waals surface area contributed by atoms with E-state index >= 15 is 0 Å². The second kappa shape index (κ2) is 6.11. The van der Waals surface area contributed by atoms with Crippen molar-refractivity contribution in [1.29, 1.82) is 0 Å². The minimum Gasteiger partial charge on any atom is -0.333 e. The predicted molar refractivity (Wildman–Crippen MR) is 101 cm³/mol. The predicted octanol–water partition coefficient (Wildman–Crippen LogP) is 3.72. The average Bonchev–Trinajstić information content (AvgIpc) is 2.99. The third-order valence-corrected chi connectivity index (χ3v) is 7.33. The first-order chi connectivity index (χ1) is 12.6. The van der Waals surface area contributed by atoms with E-state index in [0.29, 0.717) is 18.4 Å². The Morgan fingerprint density at radius 1 is 1.04 bits per heavy atom. The van der Waals surface area contributed by atoms with Crippen molar-refractivity contribution in [2.45, 2.75) is 56.8 Å². The summed E-state index contributed by atoms with van der Waals surface area (Å²) in [5.41, 5.74) is 2.72. The molecule has 4 saturated carbocycles. The molecule has 1 saturated heterocycles. The van der Waals surface area contributed by atoms with Gasteiger partial charge in [0.1, 0.15) is 0 Å². The van der Waals surface area contributed by atoms with Crippen LogP contribution in [0.5, 0.6) is 0 Å². The molecule has 0 aromatic heterocycles. The van der Waals surface area contributed by atoms with Crippen LogP contribution in [0.25, 0.3) is 0 Å². The quantitative estimate of drug-likeness (QED) is 0.898. The highest BCUT2D eigenvalue weighted by Gasteiger charge is 2.51.